The Balaban J connectivity index is 1.85. The molecule has 1 aliphatic carbocycles. The Bertz CT molecular complexity index is 834. The molecule has 118 valence electrons. The molecule has 2 aromatic rings. The van der Waals surface area contributed by atoms with Crippen molar-refractivity contribution in [1.29, 1.82) is 0 Å². The van der Waals surface area contributed by atoms with Gasteiger partial charge >= 0.3 is 5.63 Å². The van der Waals surface area contributed by atoms with Crippen LogP contribution in [0.25, 0.3) is 11.0 Å². The molecule has 0 radical (unpaired) electrons. The zero-order valence-corrected chi connectivity index (χ0v) is 12.7. The monoisotopic (exact) mass is 323 g/mol. The Kier molecular flexibility index (Phi) is 4.03. The van der Waals surface area contributed by atoms with Crippen LogP contribution in [0.15, 0.2) is 44.4 Å². The van der Waals surface area contributed by atoms with Crippen molar-refractivity contribution in [1.82, 2.24) is 4.72 Å². The van der Waals surface area contributed by atoms with Crippen molar-refractivity contribution in [2.45, 2.75) is 42.7 Å². The quantitative estimate of drug-likeness (QED) is 0.832. The Morgan fingerprint density at radius 2 is 1.82 bits per heavy atom. The molecule has 0 saturated heterocycles. The summed E-state index contributed by atoms with van der Waals surface area (Å²) in [6.45, 7) is 0. The fraction of sp³-hybridized carbons (Fsp3) is 0.400. The summed E-state index contributed by atoms with van der Waals surface area (Å²) < 4.78 is 32.5. The summed E-state index contributed by atoms with van der Waals surface area (Å²) in [4.78, 5) is 11.3. The van der Waals surface area contributed by atoms with Crippen LogP contribution in [-0.4, -0.2) is 25.7 Å². The fourth-order valence-corrected chi connectivity index (χ4v) is 4.04. The molecule has 0 unspecified atom stereocenters. The molecule has 3 rings (SSSR count). The first kappa shape index (κ1) is 15.2. The molecule has 0 bridgehead atoms. The molecule has 1 heterocycles. The fourth-order valence-electron chi connectivity index (χ4n) is 2.70. The van der Waals surface area contributed by atoms with Crippen LogP contribution in [0.2, 0.25) is 0 Å². The molecule has 1 saturated carbocycles. The second-order valence-corrected chi connectivity index (χ2v) is 7.29. The summed E-state index contributed by atoms with van der Waals surface area (Å²) >= 11 is 0. The van der Waals surface area contributed by atoms with Crippen LogP contribution < -0.4 is 10.3 Å². The van der Waals surface area contributed by atoms with Gasteiger partial charge in [-0.2, -0.15) is 0 Å². The van der Waals surface area contributed by atoms with Crippen molar-refractivity contribution < 1.29 is 17.9 Å². The van der Waals surface area contributed by atoms with E-state index in [0.29, 0.717) is 36.7 Å². The summed E-state index contributed by atoms with van der Waals surface area (Å²) in [5, 5.41) is 10.0. The summed E-state index contributed by atoms with van der Waals surface area (Å²) in [6.07, 6.45) is 2.14. The van der Waals surface area contributed by atoms with Crippen LogP contribution in [0.5, 0.6) is 0 Å². The number of benzene rings is 1. The van der Waals surface area contributed by atoms with Gasteiger partial charge in [-0.25, -0.2) is 17.9 Å². The van der Waals surface area contributed by atoms with Crippen molar-refractivity contribution in [3.63, 3.8) is 0 Å². The predicted molar refractivity (Wildman–Crippen MR) is 81.1 cm³/mol. The molecule has 1 fully saturated rings. The molecule has 22 heavy (non-hydrogen) atoms. The maximum Gasteiger partial charge on any atom is 0.336 e. The average Bonchev–Trinajstić information content (AvgIpc) is 2.49. The van der Waals surface area contributed by atoms with Crippen LogP contribution in [-0.2, 0) is 10.0 Å². The van der Waals surface area contributed by atoms with E-state index in [-0.39, 0.29) is 17.0 Å². The molecule has 0 aliphatic heterocycles. The topological polar surface area (TPSA) is 96.6 Å². The van der Waals surface area contributed by atoms with Gasteiger partial charge in [0.2, 0.25) is 10.0 Å². The first-order valence-corrected chi connectivity index (χ1v) is 8.67. The standard InChI is InChI=1S/C15H17NO5S/c17-12-4-2-11(3-5-12)16-22(19,20)13-6-7-14-10(9-13)1-8-15(18)21-14/h1,6-9,11-12,16-17H,2-5H2. The van der Waals surface area contributed by atoms with E-state index < -0.39 is 15.6 Å². The number of fused-ring (bicyclic) bond motifs is 1. The van der Waals surface area contributed by atoms with Gasteiger partial charge in [-0.05, 0) is 49.9 Å². The number of nitrogens with one attached hydrogen (secondary N) is 1. The van der Waals surface area contributed by atoms with E-state index in [2.05, 4.69) is 4.72 Å². The smallest absolute Gasteiger partial charge is 0.336 e. The van der Waals surface area contributed by atoms with E-state index in [1.165, 1.54) is 30.3 Å². The van der Waals surface area contributed by atoms with Gasteiger partial charge in [0.15, 0.2) is 0 Å². The second kappa shape index (κ2) is 5.83. The molecular formula is C15H17NO5S. The van der Waals surface area contributed by atoms with Crippen molar-refractivity contribution in [3.05, 3.63) is 40.8 Å². The summed E-state index contributed by atoms with van der Waals surface area (Å²) in [6, 6.07) is 7.03. The number of aliphatic hydroxyl groups is 1. The van der Waals surface area contributed by atoms with Crippen LogP contribution in [0.4, 0.5) is 0 Å². The minimum atomic E-state index is -3.63. The first-order chi connectivity index (χ1) is 10.4. The Morgan fingerprint density at radius 1 is 1.09 bits per heavy atom. The highest BCUT2D eigenvalue weighted by molar-refractivity contribution is 7.89. The third kappa shape index (κ3) is 3.21. The van der Waals surface area contributed by atoms with E-state index in [4.69, 9.17) is 4.42 Å². The zero-order chi connectivity index (χ0) is 15.7. The molecule has 1 aromatic heterocycles. The zero-order valence-electron chi connectivity index (χ0n) is 11.9. The largest absolute Gasteiger partial charge is 0.423 e. The van der Waals surface area contributed by atoms with Gasteiger partial charge < -0.3 is 9.52 Å². The molecule has 0 amide bonds. The third-order valence-electron chi connectivity index (χ3n) is 3.92. The number of hydrogen-bond donors (Lipinski definition) is 2. The summed E-state index contributed by atoms with van der Waals surface area (Å²) in [5.74, 6) is 0. The predicted octanol–water partition coefficient (Wildman–Crippen LogP) is 1.37. The molecule has 1 aliphatic rings. The maximum atomic E-state index is 12.4. The van der Waals surface area contributed by atoms with Crippen molar-refractivity contribution in [3.8, 4) is 0 Å². The lowest BCUT2D eigenvalue weighted by atomic mass is 9.94. The minimum absolute atomic E-state index is 0.139. The average molecular weight is 323 g/mol. The van der Waals surface area contributed by atoms with Crippen LogP contribution in [0.1, 0.15) is 25.7 Å². The SMILES string of the molecule is O=c1ccc2cc(S(=O)(=O)NC3CCC(O)CC3)ccc2o1. The van der Waals surface area contributed by atoms with Gasteiger partial charge in [0.25, 0.3) is 0 Å². The lowest BCUT2D eigenvalue weighted by molar-refractivity contribution is 0.120. The minimum Gasteiger partial charge on any atom is -0.423 e. The maximum absolute atomic E-state index is 12.4. The normalized spacial score (nSPS) is 22.8. The van der Waals surface area contributed by atoms with Crippen LogP contribution in [0.3, 0.4) is 0 Å². The third-order valence-corrected chi connectivity index (χ3v) is 5.44. The number of sulfonamides is 1. The van der Waals surface area contributed by atoms with E-state index in [1.807, 2.05) is 0 Å². The molecule has 7 heteroatoms. The number of aliphatic hydroxyl groups excluding tert-OH is 1. The summed E-state index contributed by atoms with van der Waals surface area (Å²) in [5.41, 5.74) is -0.116. The molecule has 6 nitrogen and oxygen atoms in total. The number of rotatable bonds is 3. The van der Waals surface area contributed by atoms with Crippen LogP contribution >= 0.6 is 0 Å². The highest BCUT2D eigenvalue weighted by Crippen LogP contribution is 2.22. The molecule has 2 N–H and O–H groups in total. The van der Waals surface area contributed by atoms with Gasteiger partial charge in [-0.3, -0.25) is 0 Å². The van der Waals surface area contributed by atoms with Gasteiger partial charge in [-0.15, -0.1) is 0 Å². The molecule has 0 atom stereocenters. The number of hydrogen-bond acceptors (Lipinski definition) is 5. The van der Waals surface area contributed by atoms with E-state index in [1.54, 1.807) is 0 Å². The van der Waals surface area contributed by atoms with E-state index in [9.17, 15) is 18.3 Å². The van der Waals surface area contributed by atoms with Crippen LogP contribution in [0, 0.1) is 0 Å². The van der Waals surface area contributed by atoms with E-state index in [0.717, 1.165) is 0 Å². The second-order valence-electron chi connectivity index (χ2n) is 5.58. The highest BCUT2D eigenvalue weighted by Gasteiger charge is 2.25. The Hall–Kier alpha value is -1.70. The van der Waals surface area contributed by atoms with Crippen molar-refractivity contribution in [2.24, 2.45) is 0 Å². The lowest BCUT2D eigenvalue weighted by Gasteiger charge is -2.26. The van der Waals surface area contributed by atoms with Crippen molar-refractivity contribution in [2.75, 3.05) is 0 Å². The Morgan fingerprint density at radius 3 is 2.55 bits per heavy atom. The van der Waals surface area contributed by atoms with Crippen molar-refractivity contribution >= 4 is 21.0 Å². The molecular weight excluding hydrogens is 306 g/mol. The molecule has 0 spiro atoms. The lowest BCUT2D eigenvalue weighted by Crippen LogP contribution is -2.38. The highest BCUT2D eigenvalue weighted by atomic mass is 32.2. The van der Waals surface area contributed by atoms with Gasteiger partial charge in [-0.1, -0.05) is 0 Å². The van der Waals surface area contributed by atoms with E-state index >= 15 is 0 Å². The molecule has 1 aromatic carbocycles. The van der Waals surface area contributed by atoms with Gasteiger partial charge in [0.05, 0.1) is 11.0 Å². The first-order valence-electron chi connectivity index (χ1n) is 7.18. The Labute approximate surface area is 127 Å². The van der Waals surface area contributed by atoms with Gasteiger partial charge in [0.1, 0.15) is 5.58 Å². The summed E-state index contributed by atoms with van der Waals surface area (Å²) in [7, 11) is -3.63. The van der Waals surface area contributed by atoms with Gasteiger partial charge in [0, 0.05) is 17.5 Å².